The van der Waals surface area contributed by atoms with Crippen molar-refractivity contribution in [3.05, 3.63) is 65.0 Å². The second-order valence-electron chi connectivity index (χ2n) is 7.36. The molecule has 0 atom stereocenters. The van der Waals surface area contributed by atoms with Crippen LogP contribution in [0.3, 0.4) is 0 Å². The van der Waals surface area contributed by atoms with Crippen molar-refractivity contribution < 1.29 is 18.7 Å². The quantitative estimate of drug-likeness (QED) is 0.776. The molecule has 0 unspecified atom stereocenters. The summed E-state index contributed by atoms with van der Waals surface area (Å²) in [6.45, 7) is 3.65. The molecule has 6 heteroatoms. The summed E-state index contributed by atoms with van der Waals surface area (Å²) in [5.74, 6) is -0.424. The zero-order valence-corrected chi connectivity index (χ0v) is 16.2. The van der Waals surface area contributed by atoms with Crippen molar-refractivity contribution in [2.24, 2.45) is 0 Å². The number of halogens is 1. The molecule has 148 valence electrons. The summed E-state index contributed by atoms with van der Waals surface area (Å²) in [4.78, 5) is 25.0. The maximum absolute atomic E-state index is 13.3. The summed E-state index contributed by atoms with van der Waals surface area (Å²) in [6, 6.07) is 11.8. The highest BCUT2D eigenvalue weighted by atomic mass is 19.1. The highest BCUT2D eigenvalue weighted by Crippen LogP contribution is 2.41. The Bertz CT molecular complexity index is 859. The van der Waals surface area contributed by atoms with Crippen LogP contribution in [0.1, 0.15) is 42.4 Å². The van der Waals surface area contributed by atoms with Gasteiger partial charge in [0.05, 0.1) is 5.41 Å². The molecule has 1 fully saturated rings. The molecule has 1 aliphatic rings. The fourth-order valence-corrected chi connectivity index (χ4v) is 3.68. The lowest BCUT2D eigenvalue weighted by Gasteiger charge is -2.28. The minimum atomic E-state index is -0.741. The van der Waals surface area contributed by atoms with Crippen LogP contribution in [0.25, 0.3) is 0 Å². The number of carbonyl (C=O) groups is 2. The molecule has 0 aliphatic heterocycles. The van der Waals surface area contributed by atoms with E-state index in [2.05, 4.69) is 10.9 Å². The van der Waals surface area contributed by atoms with E-state index in [1.807, 2.05) is 32.0 Å². The third-order valence-electron chi connectivity index (χ3n) is 5.31. The Balaban J connectivity index is 1.59. The molecular weight excluding hydrogens is 359 g/mol. The van der Waals surface area contributed by atoms with Gasteiger partial charge in [0.1, 0.15) is 11.6 Å². The van der Waals surface area contributed by atoms with Crippen LogP contribution in [0.4, 0.5) is 4.39 Å². The molecule has 0 spiro atoms. The van der Waals surface area contributed by atoms with Gasteiger partial charge in [0.15, 0.2) is 6.61 Å². The van der Waals surface area contributed by atoms with Gasteiger partial charge in [-0.2, -0.15) is 0 Å². The zero-order chi connectivity index (χ0) is 20.1. The predicted molar refractivity (Wildman–Crippen MR) is 104 cm³/mol. The van der Waals surface area contributed by atoms with Crippen LogP contribution in [0, 0.1) is 19.7 Å². The van der Waals surface area contributed by atoms with Crippen LogP contribution < -0.4 is 15.6 Å². The Morgan fingerprint density at radius 3 is 2.39 bits per heavy atom. The van der Waals surface area contributed by atoms with Crippen molar-refractivity contribution in [1.29, 1.82) is 0 Å². The number of rotatable bonds is 5. The number of aryl methyl sites for hydroxylation is 2. The monoisotopic (exact) mass is 384 g/mol. The number of benzene rings is 2. The fraction of sp³-hybridized carbons (Fsp3) is 0.364. The van der Waals surface area contributed by atoms with Crippen LogP contribution in [-0.2, 0) is 15.0 Å². The minimum Gasteiger partial charge on any atom is -0.483 e. The number of hydrogen-bond acceptors (Lipinski definition) is 3. The van der Waals surface area contributed by atoms with Crippen molar-refractivity contribution in [1.82, 2.24) is 10.9 Å². The number of nitrogens with one attached hydrogen (secondary N) is 2. The normalized spacial score (nSPS) is 15.1. The van der Waals surface area contributed by atoms with Crippen LogP contribution in [0.2, 0.25) is 0 Å². The van der Waals surface area contributed by atoms with Gasteiger partial charge in [-0.3, -0.25) is 20.4 Å². The summed E-state index contributed by atoms with van der Waals surface area (Å²) in [5, 5.41) is 0. The van der Waals surface area contributed by atoms with Gasteiger partial charge < -0.3 is 4.74 Å². The van der Waals surface area contributed by atoms with Gasteiger partial charge in [-0.15, -0.1) is 0 Å². The number of ether oxygens (including phenoxy) is 1. The van der Waals surface area contributed by atoms with E-state index in [4.69, 9.17) is 4.74 Å². The Morgan fingerprint density at radius 2 is 1.71 bits per heavy atom. The van der Waals surface area contributed by atoms with Crippen molar-refractivity contribution >= 4 is 11.8 Å². The maximum Gasteiger partial charge on any atom is 0.276 e. The third kappa shape index (κ3) is 4.32. The lowest BCUT2D eigenvalue weighted by Crippen LogP contribution is -2.51. The topological polar surface area (TPSA) is 67.4 Å². The Hall–Kier alpha value is -2.89. The molecule has 2 aromatic carbocycles. The molecule has 1 saturated carbocycles. The number of hydrogen-bond donors (Lipinski definition) is 2. The first-order chi connectivity index (χ1) is 13.4. The SMILES string of the molecule is Cc1ccc(C)c(OCC(=O)NNC(=O)C2(c3ccc(F)cc3)CCCC2)c1. The first-order valence-corrected chi connectivity index (χ1v) is 9.46. The van der Waals surface area contributed by atoms with Crippen LogP contribution in [-0.4, -0.2) is 18.4 Å². The Morgan fingerprint density at radius 1 is 1.04 bits per heavy atom. The molecule has 0 heterocycles. The van der Waals surface area contributed by atoms with Gasteiger partial charge in [0, 0.05) is 0 Å². The van der Waals surface area contributed by atoms with Crippen molar-refractivity contribution in [3.8, 4) is 5.75 Å². The first-order valence-electron chi connectivity index (χ1n) is 9.46. The van der Waals surface area contributed by atoms with Crippen LogP contribution in [0.5, 0.6) is 5.75 Å². The lowest BCUT2D eigenvalue weighted by molar-refractivity contribution is -0.133. The number of carbonyl (C=O) groups excluding carboxylic acids is 2. The first kappa shape index (κ1) is 19.9. The van der Waals surface area contributed by atoms with E-state index in [0.29, 0.717) is 18.6 Å². The molecule has 3 rings (SSSR count). The molecule has 5 nitrogen and oxygen atoms in total. The molecule has 0 bridgehead atoms. The summed E-state index contributed by atoms with van der Waals surface area (Å²) >= 11 is 0. The van der Waals surface area contributed by atoms with Gasteiger partial charge in [0.2, 0.25) is 5.91 Å². The summed E-state index contributed by atoms with van der Waals surface area (Å²) < 4.78 is 18.8. The van der Waals surface area contributed by atoms with Crippen molar-refractivity contribution in [2.75, 3.05) is 6.61 Å². The molecule has 2 amide bonds. The van der Waals surface area contributed by atoms with Gasteiger partial charge in [-0.25, -0.2) is 4.39 Å². The highest BCUT2D eigenvalue weighted by molar-refractivity contribution is 5.90. The average Bonchev–Trinajstić information content (AvgIpc) is 3.18. The molecule has 1 aliphatic carbocycles. The lowest BCUT2D eigenvalue weighted by atomic mass is 9.78. The number of amides is 2. The number of hydrazine groups is 1. The smallest absolute Gasteiger partial charge is 0.276 e. The van der Waals surface area contributed by atoms with E-state index in [1.165, 1.54) is 12.1 Å². The van der Waals surface area contributed by atoms with Crippen LogP contribution in [0.15, 0.2) is 42.5 Å². The second kappa shape index (κ2) is 8.42. The van der Waals surface area contributed by atoms with Crippen molar-refractivity contribution in [3.63, 3.8) is 0 Å². The van der Waals surface area contributed by atoms with E-state index in [0.717, 1.165) is 29.5 Å². The van der Waals surface area contributed by atoms with E-state index in [9.17, 15) is 14.0 Å². The van der Waals surface area contributed by atoms with E-state index in [1.54, 1.807) is 12.1 Å². The Labute approximate surface area is 164 Å². The standard InChI is InChI=1S/C22H25FN2O3/c1-15-5-6-16(2)19(13-15)28-14-20(26)24-25-21(27)22(11-3-4-12-22)17-7-9-18(23)10-8-17/h5-10,13H,3-4,11-12,14H2,1-2H3,(H,24,26)(H,25,27). The van der Waals surface area contributed by atoms with E-state index >= 15 is 0 Å². The largest absolute Gasteiger partial charge is 0.483 e. The highest BCUT2D eigenvalue weighted by Gasteiger charge is 2.42. The zero-order valence-electron chi connectivity index (χ0n) is 16.2. The maximum atomic E-state index is 13.3. The van der Waals surface area contributed by atoms with E-state index in [-0.39, 0.29) is 18.3 Å². The summed E-state index contributed by atoms with van der Waals surface area (Å²) in [5.41, 5.74) is 6.96. The van der Waals surface area contributed by atoms with E-state index < -0.39 is 11.3 Å². The third-order valence-corrected chi connectivity index (χ3v) is 5.31. The average molecular weight is 384 g/mol. The van der Waals surface area contributed by atoms with Gasteiger partial charge in [-0.1, -0.05) is 37.1 Å². The molecule has 2 N–H and O–H groups in total. The van der Waals surface area contributed by atoms with Crippen LogP contribution >= 0.6 is 0 Å². The van der Waals surface area contributed by atoms with Crippen molar-refractivity contribution in [2.45, 2.75) is 44.9 Å². The van der Waals surface area contributed by atoms with Gasteiger partial charge in [-0.05, 0) is 61.6 Å². The summed E-state index contributed by atoms with van der Waals surface area (Å²) in [6.07, 6.45) is 3.15. The fourth-order valence-electron chi connectivity index (χ4n) is 3.68. The predicted octanol–water partition coefficient (Wildman–Crippen LogP) is 3.48. The summed E-state index contributed by atoms with van der Waals surface area (Å²) in [7, 11) is 0. The minimum absolute atomic E-state index is 0.200. The molecule has 0 radical (unpaired) electrons. The molecule has 0 saturated heterocycles. The molecule has 28 heavy (non-hydrogen) atoms. The second-order valence-corrected chi connectivity index (χ2v) is 7.36. The van der Waals surface area contributed by atoms with Gasteiger partial charge in [0.25, 0.3) is 5.91 Å². The van der Waals surface area contributed by atoms with Gasteiger partial charge >= 0.3 is 0 Å². The molecule has 0 aromatic heterocycles. The Kier molecular flexibility index (Phi) is 5.97. The molecule has 2 aromatic rings. The molecular formula is C22H25FN2O3.